The number of likely N-dealkylation sites (tertiary alicyclic amines) is 2. The molecule has 2 heterocycles. The molecular weight excluding hydrogens is 489 g/mol. The van der Waals surface area contributed by atoms with Gasteiger partial charge in [-0.05, 0) is 55.4 Å². The number of piperidine rings is 1. The zero-order chi connectivity index (χ0) is 25.3. The first-order chi connectivity index (χ1) is 16.6. The first-order valence-corrected chi connectivity index (χ1v) is 11.6. The topological polar surface area (TPSA) is 44.8 Å². The van der Waals surface area contributed by atoms with E-state index in [-0.39, 0.29) is 23.0 Å². The molecule has 0 aliphatic carbocycles. The van der Waals surface area contributed by atoms with E-state index in [2.05, 4.69) is 5.32 Å². The smallest absolute Gasteiger partial charge is 0.260 e. The maximum Gasteiger partial charge on any atom is 0.260 e. The zero-order valence-electron chi connectivity index (χ0n) is 19.0. The Kier molecular flexibility index (Phi) is 7.16. The first kappa shape index (κ1) is 25.2. The van der Waals surface area contributed by atoms with E-state index in [0.717, 1.165) is 12.0 Å². The lowest BCUT2D eigenvalue weighted by Gasteiger charge is -2.39. The molecule has 35 heavy (non-hydrogen) atoms. The summed E-state index contributed by atoms with van der Waals surface area (Å²) >= 11 is 5.21. The summed E-state index contributed by atoms with van der Waals surface area (Å²) < 4.78 is 73.9. The summed E-state index contributed by atoms with van der Waals surface area (Å²) in [5.74, 6) is -9.65. The third kappa shape index (κ3) is 5.05. The molecule has 0 atom stereocenters. The van der Waals surface area contributed by atoms with Gasteiger partial charge in [0.25, 0.3) is 5.91 Å². The van der Waals surface area contributed by atoms with Crippen LogP contribution >= 0.6 is 12.2 Å². The highest BCUT2D eigenvalue weighted by atomic mass is 32.1. The van der Waals surface area contributed by atoms with Gasteiger partial charge in [0.15, 0.2) is 35.0 Å². The largest absolute Gasteiger partial charge is 0.484 e. The Morgan fingerprint density at radius 1 is 0.943 bits per heavy atom. The first-order valence-electron chi connectivity index (χ1n) is 11.2. The number of thiocarbonyl (C=S) groups is 1. The monoisotopic (exact) mass is 513 g/mol. The van der Waals surface area contributed by atoms with Crippen LogP contribution in [-0.4, -0.2) is 53.6 Å². The number of hydrogen-bond donors (Lipinski definition) is 1. The molecule has 2 aliphatic rings. The molecule has 2 saturated heterocycles. The molecule has 2 fully saturated rings. The molecule has 0 unspecified atom stereocenters. The van der Waals surface area contributed by atoms with Crippen LogP contribution in [-0.2, 0) is 4.79 Å². The predicted molar refractivity (Wildman–Crippen MR) is 124 cm³/mol. The minimum Gasteiger partial charge on any atom is -0.484 e. The minimum atomic E-state index is -2.22. The lowest BCUT2D eigenvalue weighted by atomic mass is 9.78. The Balaban J connectivity index is 1.32. The summed E-state index contributed by atoms with van der Waals surface area (Å²) in [5.41, 5.74) is -0.378. The number of nitrogens with one attached hydrogen (secondary N) is 1. The van der Waals surface area contributed by atoms with Gasteiger partial charge in [-0.1, -0.05) is 18.2 Å². The highest BCUT2D eigenvalue weighted by Gasteiger charge is 2.42. The van der Waals surface area contributed by atoms with Gasteiger partial charge in [-0.25, -0.2) is 22.0 Å². The van der Waals surface area contributed by atoms with Crippen molar-refractivity contribution < 1.29 is 31.5 Å². The second-order valence-electron chi connectivity index (χ2n) is 8.98. The number of aryl methyl sites for hydroxylation is 1. The second-order valence-corrected chi connectivity index (χ2v) is 9.37. The van der Waals surface area contributed by atoms with E-state index in [1.54, 1.807) is 9.80 Å². The average molecular weight is 514 g/mol. The van der Waals surface area contributed by atoms with Gasteiger partial charge in [0, 0.05) is 26.2 Å². The van der Waals surface area contributed by atoms with Crippen molar-refractivity contribution in [3.05, 3.63) is 58.9 Å². The van der Waals surface area contributed by atoms with E-state index in [4.69, 9.17) is 17.0 Å². The van der Waals surface area contributed by atoms with Gasteiger partial charge in [0.2, 0.25) is 5.82 Å². The minimum absolute atomic E-state index is 0.0557. The quantitative estimate of drug-likeness (QED) is 0.276. The molecule has 1 amide bonds. The molecule has 1 N–H and O–H groups in total. The number of carbonyl (C=O) groups excluding carboxylic acids is 1. The zero-order valence-corrected chi connectivity index (χ0v) is 19.8. The number of anilines is 1. The number of benzene rings is 2. The number of rotatable bonds is 4. The highest BCUT2D eigenvalue weighted by molar-refractivity contribution is 7.80. The standard InChI is InChI=1S/C24H24F5N3O2S/c1-14-4-2-3-5-15(14)34-12-16(33)31-9-6-24(7-10-31)8-11-32(13-24)23(35)30-22-20(28)18(26)17(25)19(27)21(22)29/h2-5H,6-13H2,1H3,(H,30,35). The van der Waals surface area contributed by atoms with Crippen LogP contribution in [0.5, 0.6) is 5.75 Å². The Labute approximate surface area is 204 Å². The van der Waals surface area contributed by atoms with Crippen molar-refractivity contribution in [1.82, 2.24) is 9.80 Å². The summed E-state index contributed by atoms with van der Waals surface area (Å²) in [4.78, 5) is 16.0. The fourth-order valence-electron chi connectivity index (χ4n) is 4.60. The Bertz CT molecular complexity index is 1130. The van der Waals surface area contributed by atoms with Crippen molar-refractivity contribution in [1.29, 1.82) is 0 Å². The summed E-state index contributed by atoms with van der Waals surface area (Å²) in [6.07, 6.45) is 2.13. The van der Waals surface area contributed by atoms with Gasteiger partial charge in [0.05, 0.1) is 0 Å². The Morgan fingerprint density at radius 2 is 1.49 bits per heavy atom. The molecule has 5 nitrogen and oxygen atoms in total. The van der Waals surface area contributed by atoms with Crippen molar-refractivity contribution in [3.8, 4) is 5.75 Å². The molecular formula is C24H24F5N3O2S. The molecule has 188 valence electrons. The van der Waals surface area contributed by atoms with Crippen LogP contribution in [0.2, 0.25) is 0 Å². The van der Waals surface area contributed by atoms with Crippen LogP contribution in [0.1, 0.15) is 24.8 Å². The summed E-state index contributed by atoms with van der Waals surface area (Å²) in [6, 6.07) is 7.45. The Hall–Kier alpha value is -2.95. The molecule has 2 aromatic carbocycles. The van der Waals surface area contributed by atoms with Crippen LogP contribution < -0.4 is 10.1 Å². The number of hydrogen-bond acceptors (Lipinski definition) is 3. The predicted octanol–water partition coefficient (Wildman–Crippen LogP) is 4.78. The van der Waals surface area contributed by atoms with Gasteiger partial charge in [0.1, 0.15) is 11.4 Å². The van der Waals surface area contributed by atoms with Crippen molar-refractivity contribution in [3.63, 3.8) is 0 Å². The average Bonchev–Trinajstić information content (AvgIpc) is 3.27. The number of ether oxygens (including phenoxy) is 1. The molecule has 11 heteroatoms. The van der Waals surface area contributed by atoms with Crippen LogP contribution in [0, 0.1) is 41.4 Å². The second kappa shape index (κ2) is 9.96. The van der Waals surface area contributed by atoms with Crippen LogP contribution in [0.4, 0.5) is 27.6 Å². The normalized spacial score (nSPS) is 17.1. The molecule has 1 spiro atoms. The molecule has 2 aromatic rings. The van der Waals surface area contributed by atoms with E-state index in [0.29, 0.717) is 44.8 Å². The van der Waals surface area contributed by atoms with Gasteiger partial charge >= 0.3 is 0 Å². The summed E-state index contributed by atoms with van der Waals surface area (Å²) in [6.45, 7) is 3.83. The van der Waals surface area contributed by atoms with E-state index in [1.165, 1.54) is 0 Å². The van der Waals surface area contributed by atoms with Crippen LogP contribution in [0.15, 0.2) is 24.3 Å². The van der Waals surface area contributed by atoms with Crippen molar-refractivity contribution in [2.24, 2.45) is 5.41 Å². The number of nitrogens with zero attached hydrogens (tertiary/aromatic N) is 2. The summed E-state index contributed by atoms with van der Waals surface area (Å²) in [7, 11) is 0. The molecule has 0 aromatic heterocycles. The van der Waals surface area contributed by atoms with Crippen molar-refractivity contribution in [2.75, 3.05) is 38.1 Å². The lowest BCUT2D eigenvalue weighted by molar-refractivity contribution is -0.135. The maximum absolute atomic E-state index is 14.0. The lowest BCUT2D eigenvalue weighted by Crippen LogP contribution is -2.46. The van der Waals surface area contributed by atoms with Gasteiger partial charge in [-0.15, -0.1) is 0 Å². The molecule has 0 saturated carbocycles. The van der Waals surface area contributed by atoms with Gasteiger partial charge in [-0.3, -0.25) is 4.79 Å². The molecule has 2 aliphatic heterocycles. The molecule has 4 rings (SSSR count). The van der Waals surface area contributed by atoms with E-state index < -0.39 is 34.8 Å². The van der Waals surface area contributed by atoms with Gasteiger partial charge < -0.3 is 19.9 Å². The maximum atomic E-state index is 14.0. The molecule has 0 bridgehead atoms. The fourth-order valence-corrected chi connectivity index (χ4v) is 4.85. The SMILES string of the molecule is Cc1ccccc1OCC(=O)N1CCC2(CC1)CCN(C(=S)Nc1c(F)c(F)c(F)c(F)c1F)C2. The van der Waals surface area contributed by atoms with E-state index in [1.807, 2.05) is 31.2 Å². The number of amides is 1. The van der Waals surface area contributed by atoms with Crippen molar-refractivity contribution >= 4 is 28.9 Å². The molecule has 0 radical (unpaired) electrons. The third-order valence-corrected chi connectivity index (χ3v) is 7.15. The Morgan fingerprint density at radius 3 is 2.09 bits per heavy atom. The number of carbonyl (C=O) groups is 1. The third-order valence-electron chi connectivity index (χ3n) is 6.79. The number of para-hydroxylation sites is 1. The van der Waals surface area contributed by atoms with E-state index in [9.17, 15) is 26.7 Å². The highest BCUT2D eigenvalue weighted by Crippen LogP contribution is 2.41. The van der Waals surface area contributed by atoms with Crippen LogP contribution in [0.25, 0.3) is 0 Å². The van der Waals surface area contributed by atoms with Crippen molar-refractivity contribution in [2.45, 2.75) is 26.2 Å². The number of halogens is 5. The van der Waals surface area contributed by atoms with Crippen LogP contribution in [0.3, 0.4) is 0 Å². The van der Waals surface area contributed by atoms with Gasteiger partial charge in [-0.2, -0.15) is 0 Å². The summed E-state index contributed by atoms with van der Waals surface area (Å²) in [5, 5.41) is 2.08. The van der Waals surface area contributed by atoms with E-state index >= 15 is 0 Å². The fraction of sp³-hybridized carbons (Fsp3) is 0.417.